The summed E-state index contributed by atoms with van der Waals surface area (Å²) in [6.07, 6.45) is -0.525. The van der Waals surface area contributed by atoms with E-state index in [4.69, 9.17) is 0 Å². The fraction of sp³-hybridized carbons (Fsp3) is 0.182. The second kappa shape index (κ2) is 5.61. The second-order valence-electron chi connectivity index (χ2n) is 3.11. The van der Waals surface area contributed by atoms with Gasteiger partial charge in [0.25, 0.3) is 0 Å². The zero-order valence-electron chi connectivity index (χ0n) is 9.13. The van der Waals surface area contributed by atoms with E-state index in [9.17, 15) is 22.0 Å². The van der Waals surface area contributed by atoms with E-state index in [2.05, 4.69) is 9.99 Å². The van der Waals surface area contributed by atoms with Crippen molar-refractivity contribution in [1.82, 2.24) is 0 Å². The maximum Gasteiger partial charge on any atom is 0.449 e. The molecular formula is C11H8F5NO. The highest BCUT2D eigenvalue weighted by atomic mass is 19.3. The van der Waals surface area contributed by atoms with Gasteiger partial charge in [-0.15, -0.1) is 0 Å². The highest BCUT2D eigenvalue weighted by molar-refractivity contribution is 5.70. The highest BCUT2D eigenvalue weighted by Crippen LogP contribution is 2.32. The molecule has 0 N–H and O–H groups in total. The first-order valence-corrected chi connectivity index (χ1v) is 4.74. The third kappa shape index (κ3) is 3.06. The predicted molar refractivity (Wildman–Crippen MR) is 54.6 cm³/mol. The molecule has 0 saturated heterocycles. The van der Waals surface area contributed by atoms with Gasteiger partial charge in [-0.3, -0.25) is 0 Å². The van der Waals surface area contributed by atoms with E-state index in [0.29, 0.717) is 12.1 Å². The lowest BCUT2D eigenvalue weighted by atomic mass is 10.2. The van der Waals surface area contributed by atoms with Gasteiger partial charge in [0.2, 0.25) is 0 Å². The number of hydrogen-bond acceptors (Lipinski definition) is 2. The normalized spacial score (nSPS) is 12.6. The van der Waals surface area contributed by atoms with Crippen LogP contribution in [0.15, 0.2) is 29.4 Å². The average molecular weight is 265 g/mol. The summed E-state index contributed by atoms with van der Waals surface area (Å²) in [5.41, 5.74) is -1.43. The first kappa shape index (κ1) is 14.1. The Morgan fingerprint density at radius 3 is 2.44 bits per heavy atom. The van der Waals surface area contributed by atoms with E-state index in [1.54, 1.807) is 6.92 Å². The lowest BCUT2D eigenvalue weighted by molar-refractivity contribution is -0.250. The predicted octanol–water partition coefficient (Wildman–Crippen LogP) is 3.73. The second-order valence-corrected chi connectivity index (χ2v) is 3.11. The number of rotatable bonds is 4. The SMILES string of the molecule is CC=CC=NOC(F)(F)c1ccc(F)c(F)c1F. The molecule has 0 heterocycles. The van der Waals surface area contributed by atoms with Crippen molar-refractivity contribution < 1.29 is 26.8 Å². The topological polar surface area (TPSA) is 21.6 Å². The zero-order valence-corrected chi connectivity index (χ0v) is 9.13. The Balaban J connectivity index is 3.01. The van der Waals surface area contributed by atoms with Crippen molar-refractivity contribution in [2.75, 3.05) is 0 Å². The number of alkyl halides is 2. The molecule has 0 atom stereocenters. The summed E-state index contributed by atoms with van der Waals surface area (Å²) in [7, 11) is 0. The van der Waals surface area contributed by atoms with Gasteiger partial charge in [-0.25, -0.2) is 13.2 Å². The molecular weight excluding hydrogens is 257 g/mol. The largest absolute Gasteiger partial charge is 0.449 e. The van der Waals surface area contributed by atoms with Gasteiger partial charge in [-0.05, 0) is 25.1 Å². The molecule has 0 radical (unpaired) electrons. The lowest BCUT2D eigenvalue weighted by Crippen LogP contribution is -2.18. The van der Waals surface area contributed by atoms with E-state index >= 15 is 0 Å². The number of allylic oxidation sites excluding steroid dienone is 2. The molecule has 1 rings (SSSR count). The Morgan fingerprint density at radius 1 is 1.17 bits per heavy atom. The third-order valence-electron chi connectivity index (χ3n) is 1.86. The summed E-state index contributed by atoms with van der Waals surface area (Å²) < 4.78 is 65.0. The van der Waals surface area contributed by atoms with Crippen molar-refractivity contribution in [2.24, 2.45) is 5.16 Å². The molecule has 0 aromatic heterocycles. The van der Waals surface area contributed by atoms with E-state index < -0.39 is 29.1 Å². The smallest absolute Gasteiger partial charge is 0.318 e. The van der Waals surface area contributed by atoms with Crippen molar-refractivity contribution in [3.05, 3.63) is 47.3 Å². The zero-order chi connectivity index (χ0) is 13.8. The van der Waals surface area contributed by atoms with E-state index in [1.165, 1.54) is 12.2 Å². The molecule has 0 unspecified atom stereocenters. The fourth-order valence-corrected chi connectivity index (χ4v) is 1.02. The maximum atomic E-state index is 13.3. The Kier molecular flexibility index (Phi) is 4.41. The van der Waals surface area contributed by atoms with Gasteiger partial charge in [0.15, 0.2) is 17.5 Å². The van der Waals surface area contributed by atoms with Crippen LogP contribution in [0.5, 0.6) is 0 Å². The van der Waals surface area contributed by atoms with Crippen LogP contribution in [0.2, 0.25) is 0 Å². The van der Waals surface area contributed by atoms with Crippen molar-refractivity contribution in [2.45, 2.75) is 13.0 Å². The Morgan fingerprint density at radius 2 is 1.83 bits per heavy atom. The molecule has 1 aromatic carbocycles. The lowest BCUT2D eigenvalue weighted by Gasteiger charge is -2.14. The van der Waals surface area contributed by atoms with Gasteiger partial charge >= 0.3 is 6.11 Å². The molecule has 0 spiro atoms. The number of oxime groups is 1. The number of benzene rings is 1. The summed E-state index contributed by atoms with van der Waals surface area (Å²) >= 11 is 0. The Hall–Kier alpha value is -1.92. The minimum absolute atomic E-state index is 0.376. The molecule has 0 saturated carbocycles. The molecule has 7 heteroatoms. The van der Waals surface area contributed by atoms with Gasteiger partial charge < -0.3 is 4.84 Å². The molecule has 2 nitrogen and oxygen atoms in total. The van der Waals surface area contributed by atoms with Crippen LogP contribution in [0.25, 0.3) is 0 Å². The summed E-state index contributed by atoms with van der Waals surface area (Å²) in [6, 6.07) is 0.763. The van der Waals surface area contributed by atoms with Crippen LogP contribution >= 0.6 is 0 Å². The molecule has 18 heavy (non-hydrogen) atoms. The molecule has 0 aliphatic heterocycles. The number of nitrogens with zero attached hydrogens (tertiary/aromatic N) is 1. The Labute approximate surface area is 99.4 Å². The first-order valence-electron chi connectivity index (χ1n) is 4.74. The van der Waals surface area contributed by atoms with Gasteiger partial charge in [-0.1, -0.05) is 11.2 Å². The minimum atomic E-state index is -4.20. The van der Waals surface area contributed by atoms with E-state index in [0.717, 1.165) is 6.21 Å². The van der Waals surface area contributed by atoms with Crippen LogP contribution < -0.4 is 0 Å². The van der Waals surface area contributed by atoms with E-state index in [1.807, 2.05) is 0 Å². The molecule has 0 amide bonds. The van der Waals surface area contributed by atoms with Crippen molar-refractivity contribution >= 4 is 6.21 Å². The number of halogens is 5. The molecule has 0 aliphatic carbocycles. The van der Waals surface area contributed by atoms with Crippen molar-refractivity contribution in [3.8, 4) is 0 Å². The quantitative estimate of drug-likeness (QED) is 0.352. The van der Waals surface area contributed by atoms with Crippen molar-refractivity contribution in [3.63, 3.8) is 0 Å². The average Bonchev–Trinajstić information content (AvgIpc) is 2.31. The molecule has 1 aromatic rings. The van der Waals surface area contributed by atoms with Gasteiger partial charge in [0.05, 0.1) is 6.21 Å². The van der Waals surface area contributed by atoms with Crippen LogP contribution in [0.1, 0.15) is 12.5 Å². The molecule has 0 aliphatic rings. The third-order valence-corrected chi connectivity index (χ3v) is 1.86. The Bertz CT molecular complexity index is 485. The monoisotopic (exact) mass is 265 g/mol. The van der Waals surface area contributed by atoms with Crippen LogP contribution in [-0.4, -0.2) is 6.21 Å². The minimum Gasteiger partial charge on any atom is -0.318 e. The van der Waals surface area contributed by atoms with Gasteiger partial charge in [0, 0.05) is 0 Å². The molecule has 98 valence electrons. The summed E-state index contributed by atoms with van der Waals surface area (Å²) in [5, 5.41) is 2.86. The van der Waals surface area contributed by atoms with Crippen LogP contribution in [0.4, 0.5) is 22.0 Å². The fourth-order valence-electron chi connectivity index (χ4n) is 1.02. The van der Waals surface area contributed by atoms with Crippen molar-refractivity contribution in [1.29, 1.82) is 0 Å². The molecule has 0 bridgehead atoms. The standard InChI is InChI=1S/C11H8F5NO/c1-2-3-6-17-18-11(15,16)7-4-5-8(12)10(14)9(7)13/h2-6H,1H3. The number of hydrogen-bond donors (Lipinski definition) is 0. The van der Waals surface area contributed by atoms with E-state index in [-0.39, 0.29) is 0 Å². The molecule has 0 fully saturated rings. The highest BCUT2D eigenvalue weighted by Gasteiger charge is 2.39. The van der Waals surface area contributed by atoms with Crippen LogP contribution in [0, 0.1) is 17.5 Å². The maximum absolute atomic E-state index is 13.3. The van der Waals surface area contributed by atoms with Gasteiger partial charge in [0.1, 0.15) is 5.56 Å². The van der Waals surface area contributed by atoms with Crippen LogP contribution in [-0.2, 0) is 10.9 Å². The summed E-state index contributed by atoms with van der Waals surface area (Å²) in [4.78, 5) is 3.75. The summed E-state index contributed by atoms with van der Waals surface area (Å²) in [5.74, 6) is -5.57. The first-order chi connectivity index (χ1) is 8.40. The summed E-state index contributed by atoms with van der Waals surface area (Å²) in [6.45, 7) is 1.61. The van der Waals surface area contributed by atoms with Gasteiger partial charge in [-0.2, -0.15) is 8.78 Å². The van der Waals surface area contributed by atoms with Crippen LogP contribution in [0.3, 0.4) is 0 Å².